The van der Waals surface area contributed by atoms with E-state index >= 15 is 0 Å². The van der Waals surface area contributed by atoms with Gasteiger partial charge in [-0.2, -0.15) is 5.10 Å². The first-order valence-corrected chi connectivity index (χ1v) is 13.5. The fourth-order valence-electron chi connectivity index (χ4n) is 5.10. The number of carbonyl (C=O) groups is 1. The number of carbonyl (C=O) groups excluding carboxylic acids is 1. The van der Waals surface area contributed by atoms with Crippen molar-refractivity contribution >= 4 is 34.4 Å². The zero-order chi connectivity index (χ0) is 27.0. The predicted molar refractivity (Wildman–Crippen MR) is 145 cm³/mol. The Morgan fingerprint density at radius 1 is 1.16 bits per heavy atom. The van der Waals surface area contributed by atoms with E-state index in [4.69, 9.17) is 21.1 Å². The molecule has 1 N–H and O–H groups in total. The summed E-state index contributed by atoms with van der Waals surface area (Å²) in [6, 6.07) is 5.98. The van der Waals surface area contributed by atoms with Crippen LogP contribution in [0.2, 0.25) is 5.02 Å². The van der Waals surface area contributed by atoms with Crippen LogP contribution in [0, 0.1) is 6.92 Å². The molecule has 2 aromatic heterocycles. The fourth-order valence-corrected chi connectivity index (χ4v) is 5.43. The number of aliphatic hydroxyl groups excluding tert-OH is 1. The largest absolute Gasteiger partial charge is 0.444 e. The number of rotatable bonds is 4. The van der Waals surface area contributed by atoms with E-state index in [0.29, 0.717) is 49.5 Å². The van der Waals surface area contributed by atoms with Gasteiger partial charge in [-0.05, 0) is 64.2 Å². The molecule has 38 heavy (non-hydrogen) atoms. The Morgan fingerprint density at radius 3 is 2.61 bits per heavy atom. The van der Waals surface area contributed by atoms with Gasteiger partial charge >= 0.3 is 6.09 Å². The molecule has 1 amide bonds. The van der Waals surface area contributed by atoms with Gasteiger partial charge in [-0.25, -0.2) is 19.4 Å². The molecule has 2 aliphatic rings. The topological polar surface area (TPSA) is 106 Å². The van der Waals surface area contributed by atoms with Crippen molar-refractivity contribution in [3.05, 3.63) is 40.8 Å². The number of nitrogens with zero attached hydrogens (tertiary/aromatic N) is 6. The minimum atomic E-state index is -0.512. The quantitative estimate of drug-likeness (QED) is 0.525. The number of aryl methyl sites for hydroxylation is 1. The Kier molecular flexibility index (Phi) is 7.48. The van der Waals surface area contributed by atoms with Crippen LogP contribution in [0.1, 0.15) is 50.9 Å². The summed E-state index contributed by atoms with van der Waals surface area (Å²) in [6.07, 6.45) is 2.90. The van der Waals surface area contributed by atoms with E-state index in [1.165, 1.54) is 0 Å². The van der Waals surface area contributed by atoms with Crippen LogP contribution in [0.15, 0.2) is 24.4 Å². The second-order valence-corrected chi connectivity index (χ2v) is 11.4. The molecule has 204 valence electrons. The first kappa shape index (κ1) is 26.6. The van der Waals surface area contributed by atoms with E-state index in [9.17, 15) is 9.90 Å². The van der Waals surface area contributed by atoms with Gasteiger partial charge < -0.3 is 24.4 Å². The van der Waals surface area contributed by atoms with Gasteiger partial charge in [-0.3, -0.25) is 0 Å². The van der Waals surface area contributed by atoms with Gasteiger partial charge in [0, 0.05) is 42.7 Å². The summed E-state index contributed by atoms with van der Waals surface area (Å²) < 4.78 is 13.0. The number of piperidine rings is 1. The molecule has 10 nitrogen and oxygen atoms in total. The van der Waals surface area contributed by atoms with Crippen molar-refractivity contribution in [2.45, 2.75) is 58.2 Å². The summed E-state index contributed by atoms with van der Waals surface area (Å²) in [7, 11) is 0. The van der Waals surface area contributed by atoms with Gasteiger partial charge in [-0.15, -0.1) is 0 Å². The molecule has 2 fully saturated rings. The van der Waals surface area contributed by atoms with Crippen LogP contribution < -0.4 is 4.90 Å². The first-order chi connectivity index (χ1) is 18.1. The van der Waals surface area contributed by atoms with Crippen molar-refractivity contribution in [1.82, 2.24) is 24.6 Å². The molecule has 0 aliphatic carbocycles. The molecule has 4 heterocycles. The van der Waals surface area contributed by atoms with E-state index in [1.807, 2.05) is 44.5 Å². The van der Waals surface area contributed by atoms with Crippen LogP contribution >= 0.6 is 11.6 Å². The fraction of sp³-hybridized carbons (Fsp3) is 0.556. The highest BCUT2D eigenvalue weighted by atomic mass is 35.5. The SMILES string of the molecule is Cc1nc(N2CCOC(CO)C2)cc(-n2ncc3cc(Cl)c(C4CCN(C(=O)OC(C)(C)C)CC4)cc32)n1. The molecular weight excluding hydrogens is 508 g/mol. The molecule has 0 spiro atoms. The van der Waals surface area contributed by atoms with Crippen molar-refractivity contribution in [2.24, 2.45) is 0 Å². The van der Waals surface area contributed by atoms with Crippen LogP contribution in [-0.2, 0) is 9.47 Å². The highest BCUT2D eigenvalue weighted by Gasteiger charge is 2.29. The summed E-state index contributed by atoms with van der Waals surface area (Å²) >= 11 is 6.75. The summed E-state index contributed by atoms with van der Waals surface area (Å²) in [5, 5.41) is 15.8. The molecule has 1 unspecified atom stereocenters. The van der Waals surface area contributed by atoms with Crippen molar-refractivity contribution in [2.75, 3.05) is 44.3 Å². The van der Waals surface area contributed by atoms with Crippen molar-refractivity contribution in [1.29, 1.82) is 0 Å². The number of hydrogen-bond donors (Lipinski definition) is 1. The number of aliphatic hydroxyl groups is 1. The lowest BCUT2D eigenvalue weighted by Gasteiger charge is -2.34. The Bertz CT molecular complexity index is 1310. The Morgan fingerprint density at radius 2 is 1.89 bits per heavy atom. The van der Waals surface area contributed by atoms with Gasteiger partial charge in [0.25, 0.3) is 0 Å². The van der Waals surface area contributed by atoms with Gasteiger partial charge in [0.05, 0.1) is 31.0 Å². The predicted octanol–water partition coefficient (Wildman–Crippen LogP) is 4.09. The number of hydrogen-bond acceptors (Lipinski definition) is 8. The third kappa shape index (κ3) is 5.72. The highest BCUT2D eigenvalue weighted by molar-refractivity contribution is 6.32. The van der Waals surface area contributed by atoms with E-state index in [2.05, 4.69) is 26.0 Å². The maximum Gasteiger partial charge on any atom is 0.410 e. The van der Waals surface area contributed by atoms with Gasteiger partial charge in [0.1, 0.15) is 17.2 Å². The summed E-state index contributed by atoms with van der Waals surface area (Å²) in [6.45, 7) is 10.5. The molecule has 3 aromatic rings. The average molecular weight is 543 g/mol. The van der Waals surface area contributed by atoms with Crippen molar-refractivity contribution in [3.8, 4) is 5.82 Å². The molecule has 11 heteroatoms. The van der Waals surface area contributed by atoms with Crippen LogP contribution in [0.3, 0.4) is 0 Å². The number of aromatic nitrogens is 4. The molecule has 5 rings (SSSR count). The maximum atomic E-state index is 12.5. The second-order valence-electron chi connectivity index (χ2n) is 11.0. The van der Waals surface area contributed by atoms with Gasteiger partial charge in [-0.1, -0.05) is 11.6 Å². The van der Waals surface area contributed by atoms with Gasteiger partial charge in [0.15, 0.2) is 5.82 Å². The molecule has 1 atom stereocenters. The minimum absolute atomic E-state index is 0.0303. The Balaban J connectivity index is 1.40. The number of anilines is 1. The number of amides is 1. The van der Waals surface area contributed by atoms with Crippen LogP contribution in [0.25, 0.3) is 16.7 Å². The molecule has 0 bridgehead atoms. The van der Waals surface area contributed by atoms with Crippen molar-refractivity contribution in [3.63, 3.8) is 0 Å². The summed E-state index contributed by atoms with van der Waals surface area (Å²) in [5.74, 6) is 2.31. The molecular formula is C27H35ClN6O4. The highest BCUT2D eigenvalue weighted by Crippen LogP contribution is 2.36. The smallest absolute Gasteiger partial charge is 0.410 e. The van der Waals surface area contributed by atoms with Gasteiger partial charge in [0.2, 0.25) is 0 Å². The average Bonchev–Trinajstić information content (AvgIpc) is 3.29. The number of likely N-dealkylation sites (tertiary alicyclic amines) is 1. The zero-order valence-corrected chi connectivity index (χ0v) is 23.1. The summed E-state index contributed by atoms with van der Waals surface area (Å²) in [5.41, 5.74) is 1.45. The van der Waals surface area contributed by atoms with E-state index < -0.39 is 5.60 Å². The molecule has 0 saturated carbocycles. The van der Waals surface area contributed by atoms with Crippen LogP contribution in [0.4, 0.5) is 10.6 Å². The number of halogens is 1. The zero-order valence-electron chi connectivity index (χ0n) is 22.4. The van der Waals surface area contributed by atoms with Crippen LogP contribution in [0.5, 0.6) is 0 Å². The monoisotopic (exact) mass is 542 g/mol. The Hall–Kier alpha value is -2.95. The molecule has 1 aromatic carbocycles. The maximum absolute atomic E-state index is 12.5. The number of ether oxygens (including phenoxy) is 2. The Labute approximate surface area is 227 Å². The standard InChI is InChI=1S/C27H35ClN6O4/c1-17-30-24(33-9-10-37-20(15-33)16-35)13-25(31-17)34-23-12-21(22(28)11-19(23)14-29-34)18-5-7-32(8-6-18)26(36)38-27(2,3)4/h11-14,18,20,35H,5-10,15-16H2,1-4H3. The minimum Gasteiger partial charge on any atom is -0.444 e. The lowest BCUT2D eigenvalue weighted by molar-refractivity contribution is 0.00335. The third-order valence-electron chi connectivity index (χ3n) is 6.97. The van der Waals surface area contributed by atoms with Crippen LogP contribution in [-0.4, -0.2) is 86.9 Å². The normalized spacial score (nSPS) is 19.3. The lowest BCUT2D eigenvalue weighted by atomic mass is 9.89. The van der Waals surface area contributed by atoms with E-state index in [-0.39, 0.29) is 24.7 Å². The van der Waals surface area contributed by atoms with E-state index in [0.717, 1.165) is 35.1 Å². The number of benzene rings is 1. The number of morpholine rings is 1. The molecule has 0 radical (unpaired) electrons. The first-order valence-electron chi connectivity index (χ1n) is 13.1. The molecule has 2 aliphatic heterocycles. The summed E-state index contributed by atoms with van der Waals surface area (Å²) in [4.78, 5) is 25.7. The number of fused-ring (bicyclic) bond motifs is 1. The molecule has 2 saturated heterocycles. The van der Waals surface area contributed by atoms with E-state index in [1.54, 1.807) is 11.1 Å². The van der Waals surface area contributed by atoms with Crippen molar-refractivity contribution < 1.29 is 19.4 Å². The lowest BCUT2D eigenvalue weighted by Crippen LogP contribution is -2.44. The third-order valence-corrected chi connectivity index (χ3v) is 7.29. The second kappa shape index (κ2) is 10.7.